The van der Waals surface area contributed by atoms with E-state index in [0.717, 1.165) is 12.8 Å². The lowest BCUT2D eigenvalue weighted by Gasteiger charge is -2.10. The Labute approximate surface area is 201 Å². The predicted molar refractivity (Wildman–Crippen MR) is 135 cm³/mol. The zero-order valence-corrected chi connectivity index (χ0v) is 20.9. The molecule has 0 saturated heterocycles. The molecule has 1 rings (SSSR count). The highest BCUT2D eigenvalue weighted by Gasteiger charge is 2.12. The number of hydrogen-bond acceptors (Lipinski definition) is 4. The van der Waals surface area contributed by atoms with Gasteiger partial charge in [-0.2, -0.15) is 0 Å². The molecule has 0 aliphatic heterocycles. The molecule has 0 fully saturated rings. The van der Waals surface area contributed by atoms with Gasteiger partial charge in [0.2, 0.25) is 0 Å². The van der Waals surface area contributed by atoms with Crippen LogP contribution in [0.4, 0.5) is 0 Å². The van der Waals surface area contributed by atoms with Gasteiger partial charge in [0.1, 0.15) is 0 Å². The van der Waals surface area contributed by atoms with Crippen LogP contribution >= 0.6 is 0 Å². The molecule has 3 N–H and O–H groups in total. The lowest BCUT2D eigenvalue weighted by Crippen LogP contribution is -2.15. The van der Waals surface area contributed by atoms with Crippen LogP contribution < -0.4 is 5.73 Å². The van der Waals surface area contributed by atoms with Gasteiger partial charge >= 0.3 is 11.9 Å². The number of carboxylic acids is 1. The lowest BCUT2D eigenvalue weighted by molar-refractivity contribution is -0.137. The molecule has 0 heterocycles. The molecule has 0 radical (unpaired) electrons. The van der Waals surface area contributed by atoms with Crippen LogP contribution in [0.2, 0.25) is 0 Å². The van der Waals surface area contributed by atoms with Crippen LogP contribution in [-0.2, 0) is 9.53 Å². The first-order valence-corrected chi connectivity index (χ1v) is 13.3. The maximum atomic E-state index is 12.1. The molecule has 1 unspecified atom stereocenters. The van der Waals surface area contributed by atoms with Crippen molar-refractivity contribution in [3.63, 3.8) is 0 Å². The number of nitrogens with two attached hydrogens (primary N) is 1. The molecule has 33 heavy (non-hydrogen) atoms. The first kappa shape index (κ1) is 29.2. The maximum Gasteiger partial charge on any atom is 0.338 e. The van der Waals surface area contributed by atoms with E-state index in [1.165, 1.54) is 89.9 Å². The molecule has 0 amide bonds. The largest absolute Gasteiger partial charge is 0.481 e. The number of esters is 1. The van der Waals surface area contributed by atoms with Crippen molar-refractivity contribution in [3.05, 3.63) is 35.4 Å². The van der Waals surface area contributed by atoms with Crippen molar-refractivity contribution in [3.8, 4) is 0 Å². The number of carboxylic acid groups (broad SMARTS) is 1. The summed E-state index contributed by atoms with van der Waals surface area (Å²) in [6.07, 6.45) is 20.9. The Hall–Kier alpha value is -1.88. The Morgan fingerprint density at radius 1 is 0.758 bits per heavy atom. The first-order valence-electron chi connectivity index (χ1n) is 13.3. The van der Waals surface area contributed by atoms with Gasteiger partial charge in [0, 0.05) is 6.04 Å². The Morgan fingerprint density at radius 2 is 1.18 bits per heavy atom. The van der Waals surface area contributed by atoms with Gasteiger partial charge in [-0.05, 0) is 24.1 Å². The summed E-state index contributed by atoms with van der Waals surface area (Å²) < 4.78 is 5.35. The monoisotopic (exact) mass is 461 g/mol. The fourth-order valence-electron chi connectivity index (χ4n) is 4.07. The lowest BCUT2D eigenvalue weighted by atomic mass is 10.0. The molecule has 5 heteroatoms. The van der Waals surface area contributed by atoms with Crippen molar-refractivity contribution < 1.29 is 19.4 Å². The van der Waals surface area contributed by atoms with E-state index in [1.54, 1.807) is 24.3 Å². The summed E-state index contributed by atoms with van der Waals surface area (Å²) in [5, 5.41) is 8.81. The second kappa shape index (κ2) is 19.6. The zero-order valence-electron chi connectivity index (χ0n) is 20.9. The quantitative estimate of drug-likeness (QED) is 0.145. The summed E-state index contributed by atoms with van der Waals surface area (Å²) in [5.41, 5.74) is 7.00. The van der Waals surface area contributed by atoms with Gasteiger partial charge in [-0.15, -0.1) is 0 Å². The van der Waals surface area contributed by atoms with E-state index in [-0.39, 0.29) is 12.4 Å². The second-order valence-electron chi connectivity index (χ2n) is 9.27. The minimum absolute atomic E-state index is 0.136. The number of ether oxygens (including phenoxy) is 1. The van der Waals surface area contributed by atoms with Crippen molar-refractivity contribution in [1.29, 1.82) is 0 Å². The molecule has 0 aliphatic rings. The number of carbonyl (C=O) groups excluding carboxylic acids is 1. The minimum Gasteiger partial charge on any atom is -0.481 e. The molecular weight excluding hydrogens is 414 g/mol. The number of unbranched alkanes of at least 4 members (excludes halogenated alkanes) is 15. The molecule has 0 spiro atoms. The summed E-state index contributed by atoms with van der Waals surface area (Å²) in [7, 11) is 0. The molecule has 0 aliphatic carbocycles. The number of benzene rings is 1. The molecule has 1 atom stereocenters. The molecule has 1 aromatic carbocycles. The van der Waals surface area contributed by atoms with Gasteiger partial charge < -0.3 is 15.6 Å². The van der Waals surface area contributed by atoms with E-state index >= 15 is 0 Å². The SMILES string of the molecule is CCCCCCCCCCCCCCCCCCOC(=O)c1ccc(C(N)CC(=O)O)cc1. The fourth-order valence-corrected chi connectivity index (χ4v) is 4.07. The summed E-state index contributed by atoms with van der Waals surface area (Å²) in [6, 6.07) is 6.11. The van der Waals surface area contributed by atoms with Crippen LogP contribution in [0.1, 0.15) is 138 Å². The van der Waals surface area contributed by atoms with Gasteiger partial charge in [-0.1, -0.05) is 115 Å². The predicted octanol–water partition coefficient (Wildman–Crippen LogP) is 7.58. The third-order valence-corrected chi connectivity index (χ3v) is 6.20. The number of hydrogen-bond donors (Lipinski definition) is 2. The molecule has 188 valence electrons. The Kier molecular flexibility index (Phi) is 17.3. The maximum absolute atomic E-state index is 12.1. The third-order valence-electron chi connectivity index (χ3n) is 6.20. The normalized spacial score (nSPS) is 11.9. The first-order chi connectivity index (χ1) is 16.0. The van der Waals surface area contributed by atoms with Crippen molar-refractivity contribution in [2.75, 3.05) is 6.61 Å². The fraction of sp³-hybridized carbons (Fsp3) is 0.714. The van der Waals surface area contributed by atoms with Gasteiger partial charge in [-0.3, -0.25) is 4.79 Å². The third kappa shape index (κ3) is 15.6. The summed E-state index contributed by atoms with van der Waals surface area (Å²) >= 11 is 0. The highest BCUT2D eigenvalue weighted by Crippen LogP contribution is 2.16. The minimum atomic E-state index is -0.940. The summed E-state index contributed by atoms with van der Waals surface area (Å²) in [6.45, 7) is 2.71. The molecule has 0 bridgehead atoms. The highest BCUT2D eigenvalue weighted by atomic mass is 16.5. The summed E-state index contributed by atoms with van der Waals surface area (Å²) in [5.74, 6) is -1.28. The molecule has 0 saturated carbocycles. The van der Waals surface area contributed by atoms with Crippen molar-refractivity contribution in [2.24, 2.45) is 5.73 Å². The average Bonchev–Trinajstić information content (AvgIpc) is 2.80. The van der Waals surface area contributed by atoms with Gasteiger partial charge in [0.15, 0.2) is 0 Å². The van der Waals surface area contributed by atoms with E-state index < -0.39 is 12.0 Å². The van der Waals surface area contributed by atoms with Crippen molar-refractivity contribution >= 4 is 11.9 Å². The van der Waals surface area contributed by atoms with Gasteiger partial charge in [0.05, 0.1) is 18.6 Å². The topological polar surface area (TPSA) is 89.6 Å². The molecule has 0 aromatic heterocycles. The van der Waals surface area contributed by atoms with E-state index in [9.17, 15) is 9.59 Å². The standard InChI is InChI=1S/C28H47NO4/c1-2-3-4-5-6-7-8-9-10-11-12-13-14-15-16-17-22-33-28(32)25-20-18-24(19-21-25)26(29)23-27(30)31/h18-21,26H,2-17,22-23,29H2,1H3,(H,30,31). The van der Waals surface area contributed by atoms with Crippen LogP contribution in [0, 0.1) is 0 Å². The van der Waals surface area contributed by atoms with Crippen LogP contribution in [0.5, 0.6) is 0 Å². The number of rotatable bonds is 21. The van der Waals surface area contributed by atoms with E-state index in [0.29, 0.717) is 17.7 Å². The van der Waals surface area contributed by atoms with Crippen LogP contribution in [0.15, 0.2) is 24.3 Å². The van der Waals surface area contributed by atoms with Gasteiger partial charge in [-0.25, -0.2) is 4.79 Å². The van der Waals surface area contributed by atoms with E-state index in [4.69, 9.17) is 15.6 Å². The molecule has 1 aromatic rings. The highest BCUT2D eigenvalue weighted by molar-refractivity contribution is 5.89. The smallest absolute Gasteiger partial charge is 0.338 e. The van der Waals surface area contributed by atoms with Crippen molar-refractivity contribution in [1.82, 2.24) is 0 Å². The van der Waals surface area contributed by atoms with Crippen molar-refractivity contribution in [2.45, 2.75) is 122 Å². The van der Waals surface area contributed by atoms with E-state index in [1.807, 2.05) is 0 Å². The Bertz CT molecular complexity index is 629. The Balaban J connectivity index is 1.93. The number of aliphatic carboxylic acids is 1. The van der Waals surface area contributed by atoms with Crippen LogP contribution in [0.25, 0.3) is 0 Å². The second-order valence-corrected chi connectivity index (χ2v) is 9.27. The zero-order chi connectivity index (χ0) is 24.2. The van der Waals surface area contributed by atoms with Gasteiger partial charge in [0.25, 0.3) is 0 Å². The number of carbonyl (C=O) groups is 2. The van der Waals surface area contributed by atoms with Crippen LogP contribution in [0.3, 0.4) is 0 Å². The average molecular weight is 462 g/mol. The molecular formula is C28H47NO4. The van der Waals surface area contributed by atoms with E-state index in [2.05, 4.69) is 6.92 Å². The van der Waals surface area contributed by atoms with Crippen LogP contribution in [-0.4, -0.2) is 23.7 Å². The Morgan fingerprint density at radius 3 is 1.61 bits per heavy atom. The summed E-state index contributed by atoms with van der Waals surface area (Å²) in [4.78, 5) is 22.9. The molecule has 5 nitrogen and oxygen atoms in total.